The highest BCUT2D eigenvalue weighted by Crippen LogP contribution is 2.22. The summed E-state index contributed by atoms with van der Waals surface area (Å²) in [5.74, 6) is -1.69. The molecule has 3 amide bonds. The molecule has 1 atom stereocenters. The third kappa shape index (κ3) is 13.6. The Morgan fingerprint density at radius 1 is 0.898 bits per heavy atom. The molecule has 1 aliphatic rings. The van der Waals surface area contributed by atoms with Crippen molar-refractivity contribution < 1.29 is 41.7 Å². The minimum absolute atomic E-state index is 0.0294. The van der Waals surface area contributed by atoms with Crippen LogP contribution in [0, 0.1) is 31.0 Å². The number of anilines is 1. The van der Waals surface area contributed by atoms with Crippen LogP contribution in [0.3, 0.4) is 0 Å². The molecule has 0 unspecified atom stereocenters. The van der Waals surface area contributed by atoms with Gasteiger partial charge in [0.2, 0.25) is 11.8 Å². The highest BCUT2D eigenvalue weighted by atomic mass is 19.2. The maximum absolute atomic E-state index is 13.1. The number of rotatable bonds is 18. The van der Waals surface area contributed by atoms with Crippen LogP contribution in [0.1, 0.15) is 52.0 Å². The summed E-state index contributed by atoms with van der Waals surface area (Å²) in [6.07, 6.45) is 4.75. The number of amides is 3. The number of carbonyl (C=O) groups is 4. The predicted octanol–water partition coefficient (Wildman–Crippen LogP) is 6.74. The largest absolute Gasteiger partial charge is 0.557 e. The predicted molar refractivity (Wildman–Crippen MR) is 217 cm³/mol. The van der Waals surface area contributed by atoms with Crippen LogP contribution in [0.5, 0.6) is 0 Å². The summed E-state index contributed by atoms with van der Waals surface area (Å²) in [5, 5.41) is 17.0. The molecule has 0 saturated heterocycles. The molecule has 0 spiro atoms. The lowest BCUT2D eigenvalue weighted by molar-refractivity contribution is -0.144. The van der Waals surface area contributed by atoms with Gasteiger partial charge in [-0.2, -0.15) is 5.26 Å². The Labute approximate surface area is 340 Å². The average Bonchev–Trinajstić information content (AvgIpc) is 3.77. The van der Waals surface area contributed by atoms with Gasteiger partial charge in [0.05, 0.1) is 18.6 Å². The minimum atomic E-state index is -2.48. The number of nitrogens with zero attached hydrogens (tertiary/aromatic N) is 3. The van der Waals surface area contributed by atoms with Crippen LogP contribution in [0.4, 0.5) is 23.5 Å². The summed E-state index contributed by atoms with van der Waals surface area (Å²) >= 11 is 0. The van der Waals surface area contributed by atoms with E-state index in [4.69, 9.17) is 14.7 Å². The van der Waals surface area contributed by atoms with Crippen LogP contribution in [0.25, 0.3) is 6.08 Å². The lowest BCUT2D eigenvalue weighted by atomic mass is 9.99. The summed E-state index contributed by atoms with van der Waals surface area (Å²) in [5.41, 5.74) is 6.85. The molecule has 2 heterocycles. The van der Waals surface area contributed by atoms with E-state index in [0.717, 1.165) is 16.8 Å². The molecule has 16 heteroatoms. The van der Waals surface area contributed by atoms with E-state index in [1.165, 1.54) is 24.3 Å². The Morgan fingerprint density at radius 3 is 2.27 bits per heavy atom. The molecule has 0 radical (unpaired) electrons. The maximum atomic E-state index is 13.1. The Morgan fingerprint density at radius 2 is 1.58 bits per heavy atom. The number of halogens is 3. The highest BCUT2D eigenvalue weighted by molar-refractivity contribution is 6.41. The summed E-state index contributed by atoms with van der Waals surface area (Å²) in [4.78, 5) is 55.0. The fraction of sp³-hybridized carbons (Fsp3) is 0.256. The van der Waals surface area contributed by atoms with Gasteiger partial charge in [-0.15, -0.1) is 0 Å². The fourth-order valence-corrected chi connectivity index (χ4v) is 6.19. The van der Waals surface area contributed by atoms with E-state index in [2.05, 4.69) is 20.9 Å². The van der Waals surface area contributed by atoms with E-state index in [1.54, 1.807) is 78.2 Å². The Bertz CT molecular complexity index is 2270. The van der Waals surface area contributed by atoms with Crippen molar-refractivity contribution in [3.8, 4) is 6.07 Å². The molecule has 3 aromatic carbocycles. The van der Waals surface area contributed by atoms with E-state index in [0.29, 0.717) is 45.9 Å². The van der Waals surface area contributed by atoms with Crippen LogP contribution in [-0.4, -0.2) is 54.1 Å². The Hall–Kier alpha value is -6.89. The number of esters is 1. The van der Waals surface area contributed by atoms with Crippen molar-refractivity contribution in [1.29, 1.82) is 5.26 Å². The first-order chi connectivity index (χ1) is 28.3. The molecular weight excluding hydrogens is 764 g/mol. The number of aryl methyl sites for hydroxylation is 2. The molecule has 59 heavy (non-hydrogen) atoms. The number of allylic oxidation sites excluding steroid dienone is 2. The molecule has 0 saturated carbocycles. The number of hydrogen-bond acceptors (Lipinski definition) is 8. The second-order valence-corrected chi connectivity index (χ2v) is 13.7. The standard InChI is InChI=1S/C43H42BF3N6O6/c1-28-21-29(2)53(27-44(46)47)39(28)24-37-16-15-35(50-37)17-18-40(54)49-25-32-5-3-30(4-6-32)22-38(42(56)58-20-19-48)52-43(57)59-26-33-9-13-36(14-10-33)51-41(55)23-31-7-11-34(45)12-8-31/h3-16,21,24,38H,17-18,20,22-23,25-27H2,1-2H3,(H,49,54)(H,51,55)(H,52,57)/b37-24-/t38-/m0/s1. The lowest BCUT2D eigenvalue weighted by Gasteiger charge is -2.17. The third-order valence-electron chi connectivity index (χ3n) is 9.17. The van der Waals surface area contributed by atoms with Crippen molar-refractivity contribution in [3.05, 3.63) is 142 Å². The number of ether oxygens (including phenoxy) is 2. The summed E-state index contributed by atoms with van der Waals surface area (Å²) in [6, 6.07) is 21.7. The number of aliphatic imine (C=N–C) groups is 1. The van der Waals surface area contributed by atoms with Crippen LogP contribution in [0.15, 0.2) is 102 Å². The topological polar surface area (TPSA) is 164 Å². The molecule has 1 aliphatic heterocycles. The Kier molecular flexibility index (Phi) is 15.4. The van der Waals surface area contributed by atoms with Gasteiger partial charge in [0, 0.05) is 42.2 Å². The van der Waals surface area contributed by atoms with Crippen molar-refractivity contribution in [2.24, 2.45) is 4.99 Å². The number of hydrogen-bond donors (Lipinski definition) is 3. The van der Waals surface area contributed by atoms with Gasteiger partial charge in [-0.25, -0.2) is 14.0 Å². The van der Waals surface area contributed by atoms with Crippen LogP contribution < -0.4 is 16.0 Å². The second kappa shape index (κ2) is 21.0. The second-order valence-electron chi connectivity index (χ2n) is 13.7. The molecule has 1 aromatic heterocycles. The summed E-state index contributed by atoms with van der Waals surface area (Å²) in [6.45, 7) is 3.25. The van der Waals surface area contributed by atoms with Crippen LogP contribution in [0.2, 0.25) is 0 Å². The van der Waals surface area contributed by atoms with Gasteiger partial charge in [0.15, 0.2) is 6.61 Å². The smallest absolute Gasteiger partial charge is 0.449 e. The van der Waals surface area contributed by atoms with E-state index < -0.39 is 38.4 Å². The minimum Gasteiger partial charge on any atom is -0.449 e. The van der Waals surface area contributed by atoms with E-state index in [-0.39, 0.29) is 50.0 Å². The number of carbonyl (C=O) groups excluding carboxylic acids is 4. The normalized spacial score (nSPS) is 12.9. The van der Waals surface area contributed by atoms with Gasteiger partial charge in [0.1, 0.15) is 24.5 Å². The van der Waals surface area contributed by atoms with E-state index >= 15 is 0 Å². The zero-order chi connectivity index (χ0) is 42.3. The highest BCUT2D eigenvalue weighted by Gasteiger charge is 2.24. The summed E-state index contributed by atoms with van der Waals surface area (Å²) in [7, 11) is -2.48. The van der Waals surface area contributed by atoms with Crippen molar-refractivity contribution in [2.75, 3.05) is 11.9 Å². The van der Waals surface area contributed by atoms with Gasteiger partial charge in [-0.05, 0) is 96.6 Å². The quantitative estimate of drug-likeness (QED) is 0.0741. The van der Waals surface area contributed by atoms with Crippen LogP contribution >= 0.6 is 0 Å². The fourth-order valence-electron chi connectivity index (χ4n) is 6.19. The molecular formula is C43H42BF3N6O6. The zero-order valence-electron chi connectivity index (χ0n) is 32.5. The van der Waals surface area contributed by atoms with Crippen molar-refractivity contribution >= 4 is 48.6 Å². The van der Waals surface area contributed by atoms with E-state index in [1.807, 2.05) is 19.1 Å². The van der Waals surface area contributed by atoms with Crippen LogP contribution in [-0.2, 0) is 56.3 Å². The molecule has 12 nitrogen and oxygen atoms in total. The molecule has 4 aromatic rings. The average molecular weight is 807 g/mol. The summed E-state index contributed by atoms with van der Waals surface area (Å²) < 4.78 is 51.3. The maximum Gasteiger partial charge on any atom is 0.557 e. The van der Waals surface area contributed by atoms with Gasteiger partial charge in [-0.1, -0.05) is 48.5 Å². The number of aromatic nitrogens is 1. The van der Waals surface area contributed by atoms with Crippen molar-refractivity contribution in [2.45, 2.75) is 65.2 Å². The first-order valence-corrected chi connectivity index (χ1v) is 18.7. The molecule has 0 fully saturated rings. The Balaban J connectivity index is 1.06. The number of alkyl carbamates (subject to hydrolysis) is 1. The molecule has 304 valence electrons. The lowest BCUT2D eigenvalue weighted by Crippen LogP contribution is -2.43. The number of nitrogens with one attached hydrogen (secondary N) is 3. The molecule has 3 N–H and O–H groups in total. The van der Waals surface area contributed by atoms with Gasteiger partial charge >= 0.3 is 19.3 Å². The zero-order valence-corrected chi connectivity index (χ0v) is 32.5. The molecule has 5 rings (SSSR count). The van der Waals surface area contributed by atoms with Gasteiger partial charge in [-0.3, -0.25) is 23.2 Å². The first-order valence-electron chi connectivity index (χ1n) is 18.7. The SMILES string of the molecule is Cc1cc(C)n(CB(F)F)c1/C=C1/C=CC(CCC(=O)NCc2ccc(C[C@H](NC(=O)OCc3ccc(NC(=O)Cc4ccc(F)cc4)cc3)C(=O)OCC#N)cc2)=N1. The van der Waals surface area contributed by atoms with Gasteiger partial charge < -0.3 is 30.0 Å². The van der Waals surface area contributed by atoms with E-state index in [9.17, 15) is 32.2 Å². The van der Waals surface area contributed by atoms with Crippen molar-refractivity contribution in [1.82, 2.24) is 15.2 Å². The monoisotopic (exact) mass is 806 g/mol. The molecule has 0 aliphatic carbocycles. The third-order valence-corrected chi connectivity index (χ3v) is 9.17. The number of nitriles is 1. The number of benzene rings is 3. The molecule has 0 bridgehead atoms. The van der Waals surface area contributed by atoms with Gasteiger partial charge in [0.25, 0.3) is 0 Å². The first kappa shape index (κ1) is 43.2. The van der Waals surface area contributed by atoms with Crippen molar-refractivity contribution in [3.63, 3.8) is 0 Å².